The second-order valence-electron chi connectivity index (χ2n) is 8.99. The third kappa shape index (κ3) is 4.48. The number of thioether (sulfide) groups is 1. The highest BCUT2D eigenvalue weighted by Gasteiger charge is 2.49. The standard InChI is InChI=1S/C31H27NO3S/c33-20-30(35)29-21-36-22-32(29)31(25-9-3-1-4-10-25,26-11-5-2-6-12-26)27-13-7-8-24(19-27)18-23-14-16-28(34)17-15-23/h1-17,19-20,29,34H,18,21-22H2. The van der Waals surface area contributed by atoms with Crippen LogP contribution in [0.5, 0.6) is 5.75 Å². The SMILES string of the molecule is O=CC(=O)C1CSCN1C(c1ccccc1)(c1ccccc1)c1cccc(Cc2ccc(O)cc2)c1. The first-order valence-corrected chi connectivity index (χ1v) is 13.1. The molecule has 1 aliphatic rings. The zero-order chi connectivity index (χ0) is 25.0. The van der Waals surface area contributed by atoms with Crippen LogP contribution in [0.25, 0.3) is 0 Å². The number of aldehydes is 1. The van der Waals surface area contributed by atoms with Gasteiger partial charge in [-0.15, -0.1) is 11.8 Å². The summed E-state index contributed by atoms with van der Waals surface area (Å²) >= 11 is 1.68. The summed E-state index contributed by atoms with van der Waals surface area (Å²) < 4.78 is 0. The summed E-state index contributed by atoms with van der Waals surface area (Å²) in [7, 11) is 0. The van der Waals surface area contributed by atoms with Crippen LogP contribution in [0.15, 0.2) is 109 Å². The summed E-state index contributed by atoms with van der Waals surface area (Å²) in [6, 6.07) is 35.7. The molecule has 0 saturated carbocycles. The molecule has 0 amide bonds. The summed E-state index contributed by atoms with van der Waals surface area (Å²) in [5.41, 5.74) is 4.59. The maximum absolute atomic E-state index is 12.9. The fraction of sp³-hybridized carbons (Fsp3) is 0.161. The lowest BCUT2D eigenvalue weighted by molar-refractivity contribution is -0.133. The molecule has 0 bridgehead atoms. The molecule has 1 saturated heterocycles. The number of phenolic OH excluding ortho intramolecular Hbond substituents is 1. The number of Topliss-reactive ketones (excluding diaryl/α,β-unsaturated/α-hetero) is 1. The number of benzene rings is 4. The first-order valence-electron chi connectivity index (χ1n) is 11.9. The molecule has 1 N–H and O–H groups in total. The Balaban J connectivity index is 1.73. The maximum Gasteiger partial charge on any atom is 0.213 e. The minimum Gasteiger partial charge on any atom is -0.508 e. The van der Waals surface area contributed by atoms with Crippen molar-refractivity contribution in [3.05, 3.63) is 137 Å². The monoisotopic (exact) mass is 493 g/mol. The van der Waals surface area contributed by atoms with Crippen molar-refractivity contribution in [2.45, 2.75) is 18.0 Å². The van der Waals surface area contributed by atoms with Crippen molar-refractivity contribution < 1.29 is 14.7 Å². The number of aromatic hydroxyl groups is 1. The fourth-order valence-electron chi connectivity index (χ4n) is 5.20. The number of hydrogen-bond donors (Lipinski definition) is 1. The summed E-state index contributed by atoms with van der Waals surface area (Å²) in [5.74, 6) is 1.05. The Labute approximate surface area is 215 Å². The van der Waals surface area contributed by atoms with Crippen LogP contribution < -0.4 is 0 Å². The van der Waals surface area contributed by atoms with Gasteiger partial charge in [-0.25, -0.2) is 0 Å². The van der Waals surface area contributed by atoms with Crippen LogP contribution in [0.1, 0.15) is 27.8 Å². The molecule has 0 spiro atoms. The van der Waals surface area contributed by atoms with Crippen molar-refractivity contribution in [2.24, 2.45) is 0 Å². The van der Waals surface area contributed by atoms with E-state index in [9.17, 15) is 14.7 Å². The Bertz CT molecular complexity index is 1300. The average molecular weight is 494 g/mol. The minimum absolute atomic E-state index is 0.247. The smallest absolute Gasteiger partial charge is 0.213 e. The summed E-state index contributed by atoms with van der Waals surface area (Å²) in [5, 5.41) is 9.68. The number of hydrogen-bond acceptors (Lipinski definition) is 5. The Morgan fingerprint density at radius 2 is 1.44 bits per heavy atom. The van der Waals surface area contributed by atoms with E-state index in [4.69, 9.17) is 0 Å². The van der Waals surface area contributed by atoms with Gasteiger partial charge in [0.05, 0.1) is 11.6 Å². The second-order valence-corrected chi connectivity index (χ2v) is 9.99. The van der Waals surface area contributed by atoms with Gasteiger partial charge < -0.3 is 5.11 Å². The van der Waals surface area contributed by atoms with Crippen molar-refractivity contribution in [1.82, 2.24) is 4.90 Å². The van der Waals surface area contributed by atoms with Crippen LogP contribution in [0, 0.1) is 0 Å². The van der Waals surface area contributed by atoms with Gasteiger partial charge in [-0.2, -0.15) is 0 Å². The lowest BCUT2D eigenvalue weighted by atomic mass is 9.74. The summed E-state index contributed by atoms with van der Waals surface area (Å²) in [4.78, 5) is 26.7. The molecule has 0 radical (unpaired) electrons. The maximum atomic E-state index is 12.9. The third-order valence-electron chi connectivity index (χ3n) is 6.83. The first kappa shape index (κ1) is 24.0. The van der Waals surface area contributed by atoms with Crippen molar-refractivity contribution in [3.8, 4) is 5.75 Å². The summed E-state index contributed by atoms with van der Waals surface area (Å²) in [6.07, 6.45) is 1.17. The van der Waals surface area contributed by atoms with Crippen molar-refractivity contribution in [1.29, 1.82) is 0 Å². The summed E-state index contributed by atoms with van der Waals surface area (Å²) in [6.45, 7) is 0. The van der Waals surface area contributed by atoms with E-state index in [1.54, 1.807) is 23.9 Å². The zero-order valence-corrected chi connectivity index (χ0v) is 20.6. The molecule has 0 aromatic heterocycles. The first-order chi connectivity index (χ1) is 17.6. The average Bonchev–Trinajstić information content (AvgIpc) is 3.42. The molecule has 4 aromatic carbocycles. The molecule has 180 valence electrons. The Morgan fingerprint density at radius 1 is 0.833 bits per heavy atom. The van der Waals surface area contributed by atoms with Gasteiger partial charge in [-0.05, 0) is 46.4 Å². The normalized spacial score (nSPS) is 16.1. The van der Waals surface area contributed by atoms with Gasteiger partial charge in [0, 0.05) is 11.6 Å². The molecule has 4 aromatic rings. The van der Waals surface area contributed by atoms with Crippen LogP contribution >= 0.6 is 11.8 Å². The molecule has 1 aliphatic heterocycles. The number of carbonyl (C=O) groups excluding carboxylic acids is 2. The fourth-order valence-corrected chi connectivity index (χ4v) is 6.44. The molecule has 1 heterocycles. The van der Waals surface area contributed by atoms with Gasteiger partial charge in [-0.3, -0.25) is 14.5 Å². The van der Waals surface area contributed by atoms with E-state index in [2.05, 4.69) is 53.4 Å². The number of phenols is 1. The Morgan fingerprint density at radius 3 is 2.06 bits per heavy atom. The van der Waals surface area contributed by atoms with E-state index >= 15 is 0 Å². The van der Waals surface area contributed by atoms with Crippen molar-refractivity contribution >= 4 is 23.8 Å². The van der Waals surface area contributed by atoms with Gasteiger partial charge in [0.25, 0.3) is 0 Å². The predicted octanol–water partition coefficient (Wildman–Crippen LogP) is 5.42. The highest BCUT2D eigenvalue weighted by Crippen LogP contribution is 2.47. The van der Waals surface area contributed by atoms with Crippen LogP contribution in [0.3, 0.4) is 0 Å². The van der Waals surface area contributed by atoms with Crippen LogP contribution in [-0.4, -0.2) is 39.7 Å². The van der Waals surface area contributed by atoms with Gasteiger partial charge >= 0.3 is 0 Å². The minimum atomic E-state index is -0.764. The van der Waals surface area contributed by atoms with Gasteiger partial charge in [0.15, 0.2) is 6.29 Å². The van der Waals surface area contributed by atoms with E-state index in [1.165, 1.54) is 0 Å². The highest BCUT2D eigenvalue weighted by molar-refractivity contribution is 7.99. The highest BCUT2D eigenvalue weighted by atomic mass is 32.2. The molecule has 1 fully saturated rings. The van der Waals surface area contributed by atoms with Crippen LogP contribution in [0.2, 0.25) is 0 Å². The molecule has 1 atom stereocenters. The van der Waals surface area contributed by atoms with Crippen molar-refractivity contribution in [2.75, 3.05) is 11.6 Å². The molecule has 5 rings (SSSR count). The third-order valence-corrected chi connectivity index (χ3v) is 7.84. The van der Waals surface area contributed by atoms with Gasteiger partial charge in [0.2, 0.25) is 5.78 Å². The second kappa shape index (κ2) is 10.5. The van der Waals surface area contributed by atoms with Gasteiger partial charge in [-0.1, -0.05) is 97.1 Å². The lowest BCUT2D eigenvalue weighted by Gasteiger charge is -2.45. The molecular weight excluding hydrogens is 466 g/mol. The van der Waals surface area contributed by atoms with Crippen LogP contribution in [0.4, 0.5) is 0 Å². The number of nitrogens with zero attached hydrogens (tertiary/aromatic N) is 1. The number of carbonyl (C=O) groups is 2. The quantitative estimate of drug-likeness (QED) is 0.202. The van der Waals surface area contributed by atoms with E-state index < -0.39 is 17.4 Å². The van der Waals surface area contributed by atoms with Gasteiger partial charge in [0.1, 0.15) is 5.75 Å². The van der Waals surface area contributed by atoms with E-state index in [0.29, 0.717) is 24.3 Å². The molecule has 1 unspecified atom stereocenters. The molecule has 4 nitrogen and oxygen atoms in total. The Hall–Kier alpha value is -3.67. The van der Waals surface area contributed by atoms with Crippen molar-refractivity contribution in [3.63, 3.8) is 0 Å². The molecule has 5 heteroatoms. The molecule has 36 heavy (non-hydrogen) atoms. The topological polar surface area (TPSA) is 57.6 Å². The van der Waals surface area contributed by atoms with Crippen LogP contribution in [-0.2, 0) is 21.5 Å². The van der Waals surface area contributed by atoms with E-state index in [-0.39, 0.29) is 5.75 Å². The number of ketones is 1. The predicted molar refractivity (Wildman–Crippen MR) is 144 cm³/mol. The lowest BCUT2D eigenvalue weighted by Crippen LogP contribution is -2.53. The Kier molecular flexibility index (Phi) is 7.03. The van der Waals surface area contributed by atoms with E-state index in [1.807, 2.05) is 48.5 Å². The van der Waals surface area contributed by atoms with E-state index in [0.717, 1.165) is 27.8 Å². The zero-order valence-electron chi connectivity index (χ0n) is 19.8. The number of rotatable bonds is 8. The molecular formula is C31H27NO3S. The molecule has 0 aliphatic carbocycles. The largest absolute Gasteiger partial charge is 0.508 e.